The minimum absolute atomic E-state index is 0.728. The molecule has 1 N–H and O–H groups in total. The first-order valence-corrected chi connectivity index (χ1v) is 6.89. The van der Waals surface area contributed by atoms with Crippen LogP contribution in [0.1, 0.15) is 11.3 Å². The van der Waals surface area contributed by atoms with Crippen molar-refractivity contribution < 1.29 is 0 Å². The molecule has 0 atom stereocenters. The fraction of sp³-hybridized carbons (Fsp3) is 0.200. The molecular weight excluding hydrogens is 268 g/mol. The average molecular weight is 284 g/mol. The van der Waals surface area contributed by atoms with Crippen molar-refractivity contribution in [2.75, 3.05) is 0 Å². The number of aromatic nitrogens is 4. The first kappa shape index (κ1) is 12.9. The zero-order chi connectivity index (χ0) is 14.1. The normalized spacial score (nSPS) is 10.9. The summed E-state index contributed by atoms with van der Waals surface area (Å²) in [5, 5.41) is 4.38. The van der Waals surface area contributed by atoms with E-state index >= 15 is 0 Å². The van der Waals surface area contributed by atoms with Gasteiger partial charge in [0.1, 0.15) is 0 Å². The van der Waals surface area contributed by atoms with Crippen molar-refractivity contribution in [3.05, 3.63) is 58.8 Å². The lowest BCUT2D eigenvalue weighted by Gasteiger charge is -2.07. The first-order chi connectivity index (χ1) is 9.65. The highest BCUT2D eigenvalue weighted by Gasteiger charge is 2.10. The summed E-state index contributed by atoms with van der Waals surface area (Å²) < 4.78 is 4.67. The summed E-state index contributed by atoms with van der Waals surface area (Å²) in [6, 6.07) is 10.3. The smallest absolute Gasteiger partial charge is 0.177 e. The van der Waals surface area contributed by atoms with E-state index < -0.39 is 0 Å². The second-order valence-electron chi connectivity index (χ2n) is 4.84. The van der Waals surface area contributed by atoms with Gasteiger partial charge in [0, 0.05) is 25.0 Å². The van der Waals surface area contributed by atoms with E-state index in [0.717, 1.165) is 28.3 Å². The summed E-state index contributed by atoms with van der Waals surface area (Å²) in [5.74, 6) is 0. The van der Waals surface area contributed by atoms with Crippen molar-refractivity contribution >= 4 is 12.2 Å². The van der Waals surface area contributed by atoms with Crippen molar-refractivity contribution in [1.29, 1.82) is 0 Å². The van der Waals surface area contributed by atoms with Gasteiger partial charge in [-0.05, 0) is 24.7 Å². The predicted molar refractivity (Wildman–Crippen MR) is 82.1 cm³/mol. The molecule has 0 unspecified atom stereocenters. The largest absolute Gasteiger partial charge is 0.337 e. The highest BCUT2D eigenvalue weighted by atomic mass is 32.1. The van der Waals surface area contributed by atoms with Crippen LogP contribution in [0.5, 0.6) is 0 Å². The Bertz CT molecular complexity index is 780. The second-order valence-corrected chi connectivity index (χ2v) is 5.23. The Hall–Kier alpha value is -2.14. The van der Waals surface area contributed by atoms with E-state index in [1.165, 1.54) is 5.56 Å². The van der Waals surface area contributed by atoms with Crippen LogP contribution in [0.4, 0.5) is 0 Å². The Balaban J connectivity index is 2.04. The molecule has 3 rings (SSSR count). The third-order valence-electron chi connectivity index (χ3n) is 3.38. The zero-order valence-corrected chi connectivity index (χ0v) is 12.3. The Morgan fingerprint density at radius 3 is 2.65 bits per heavy atom. The molecule has 1 aromatic carbocycles. The number of H-pyrrole nitrogens is 1. The molecule has 0 aliphatic heterocycles. The standard InChI is InChI=1S/C15H16N4S/c1-11-13(9-18(2)17-11)10-19-14(8-16-15(19)20)12-6-4-3-5-7-12/h3-9H,10H2,1-2H3,(H,16,20). The van der Waals surface area contributed by atoms with E-state index in [1.54, 1.807) is 0 Å². The van der Waals surface area contributed by atoms with E-state index in [1.807, 2.05) is 49.2 Å². The molecule has 20 heavy (non-hydrogen) atoms. The van der Waals surface area contributed by atoms with Gasteiger partial charge in [-0.2, -0.15) is 5.10 Å². The molecule has 0 spiro atoms. The quantitative estimate of drug-likeness (QED) is 0.749. The summed E-state index contributed by atoms with van der Waals surface area (Å²) in [7, 11) is 1.94. The van der Waals surface area contributed by atoms with E-state index in [9.17, 15) is 0 Å². The van der Waals surface area contributed by atoms with Crippen molar-refractivity contribution in [2.24, 2.45) is 7.05 Å². The van der Waals surface area contributed by atoms with Gasteiger partial charge in [-0.1, -0.05) is 30.3 Å². The number of benzene rings is 1. The fourth-order valence-electron chi connectivity index (χ4n) is 2.37. The number of aromatic amines is 1. The molecule has 0 aliphatic rings. The van der Waals surface area contributed by atoms with Crippen LogP contribution >= 0.6 is 12.2 Å². The molecule has 0 bridgehead atoms. The number of imidazole rings is 1. The summed E-state index contributed by atoms with van der Waals surface area (Å²) in [6.45, 7) is 2.75. The number of nitrogens with zero attached hydrogens (tertiary/aromatic N) is 3. The fourth-order valence-corrected chi connectivity index (χ4v) is 2.60. The number of rotatable bonds is 3. The van der Waals surface area contributed by atoms with Gasteiger partial charge in [0.2, 0.25) is 0 Å². The molecule has 2 aromatic heterocycles. The van der Waals surface area contributed by atoms with Gasteiger partial charge < -0.3 is 9.55 Å². The minimum Gasteiger partial charge on any atom is -0.337 e. The minimum atomic E-state index is 0.728. The van der Waals surface area contributed by atoms with Crippen LogP contribution in [0.3, 0.4) is 0 Å². The van der Waals surface area contributed by atoms with Crippen LogP contribution in [0.15, 0.2) is 42.7 Å². The maximum Gasteiger partial charge on any atom is 0.177 e. The maximum absolute atomic E-state index is 5.40. The lowest BCUT2D eigenvalue weighted by molar-refractivity contribution is 0.755. The average Bonchev–Trinajstić information content (AvgIpc) is 2.95. The predicted octanol–water partition coefficient (Wildman–Crippen LogP) is 3.30. The third-order valence-corrected chi connectivity index (χ3v) is 3.72. The lowest BCUT2D eigenvalue weighted by atomic mass is 10.1. The van der Waals surface area contributed by atoms with Crippen LogP contribution in [0.2, 0.25) is 0 Å². The zero-order valence-electron chi connectivity index (χ0n) is 11.5. The highest BCUT2D eigenvalue weighted by molar-refractivity contribution is 7.71. The van der Waals surface area contributed by atoms with Crippen LogP contribution in [-0.4, -0.2) is 19.3 Å². The molecule has 5 heteroatoms. The summed E-state index contributed by atoms with van der Waals surface area (Å²) in [4.78, 5) is 3.13. The summed E-state index contributed by atoms with van der Waals surface area (Å²) >= 11 is 5.40. The van der Waals surface area contributed by atoms with Crippen molar-refractivity contribution in [3.63, 3.8) is 0 Å². The van der Waals surface area contributed by atoms with Crippen molar-refractivity contribution in [3.8, 4) is 11.3 Å². The van der Waals surface area contributed by atoms with Crippen LogP contribution < -0.4 is 0 Å². The molecule has 0 fully saturated rings. The van der Waals surface area contributed by atoms with Crippen molar-refractivity contribution in [2.45, 2.75) is 13.5 Å². The van der Waals surface area contributed by atoms with Gasteiger partial charge >= 0.3 is 0 Å². The van der Waals surface area contributed by atoms with Crippen LogP contribution in [0.25, 0.3) is 11.3 Å². The maximum atomic E-state index is 5.40. The second kappa shape index (κ2) is 5.09. The molecule has 102 valence electrons. The number of hydrogen-bond donors (Lipinski definition) is 1. The van der Waals surface area contributed by atoms with Gasteiger partial charge in [0.15, 0.2) is 4.77 Å². The van der Waals surface area contributed by atoms with E-state index in [2.05, 4.69) is 26.8 Å². The number of aryl methyl sites for hydroxylation is 2. The van der Waals surface area contributed by atoms with E-state index in [4.69, 9.17) is 12.2 Å². The van der Waals surface area contributed by atoms with Gasteiger partial charge in [0.05, 0.1) is 17.9 Å². The van der Waals surface area contributed by atoms with E-state index in [0.29, 0.717) is 0 Å². The van der Waals surface area contributed by atoms with Crippen LogP contribution in [0, 0.1) is 11.7 Å². The lowest BCUT2D eigenvalue weighted by Crippen LogP contribution is -2.02. The molecule has 3 aromatic rings. The highest BCUT2D eigenvalue weighted by Crippen LogP contribution is 2.21. The molecule has 2 heterocycles. The molecule has 0 amide bonds. The first-order valence-electron chi connectivity index (χ1n) is 6.48. The topological polar surface area (TPSA) is 38.5 Å². The van der Waals surface area contributed by atoms with Crippen LogP contribution in [-0.2, 0) is 13.6 Å². The van der Waals surface area contributed by atoms with Crippen molar-refractivity contribution in [1.82, 2.24) is 19.3 Å². The monoisotopic (exact) mass is 284 g/mol. The van der Waals surface area contributed by atoms with Gasteiger partial charge in [0.25, 0.3) is 0 Å². The Kier molecular flexibility index (Phi) is 3.28. The molecular formula is C15H16N4S. The Labute approximate surface area is 122 Å². The Morgan fingerprint density at radius 1 is 1.25 bits per heavy atom. The molecule has 0 saturated carbocycles. The Morgan fingerprint density at radius 2 is 2.00 bits per heavy atom. The number of hydrogen-bond acceptors (Lipinski definition) is 2. The van der Waals surface area contributed by atoms with Gasteiger partial charge in [-0.25, -0.2) is 0 Å². The third kappa shape index (κ3) is 2.32. The molecule has 0 radical (unpaired) electrons. The number of nitrogens with one attached hydrogen (secondary N) is 1. The molecule has 4 nitrogen and oxygen atoms in total. The van der Waals surface area contributed by atoms with Gasteiger partial charge in [-0.15, -0.1) is 0 Å². The van der Waals surface area contributed by atoms with E-state index in [-0.39, 0.29) is 0 Å². The summed E-state index contributed by atoms with van der Waals surface area (Å²) in [5.41, 5.74) is 4.47. The summed E-state index contributed by atoms with van der Waals surface area (Å²) in [6.07, 6.45) is 4.00. The molecule has 0 aliphatic carbocycles. The SMILES string of the molecule is Cc1nn(C)cc1Cn1c(-c2ccccc2)c[nH]c1=S. The molecule has 0 saturated heterocycles. The van der Waals surface area contributed by atoms with Gasteiger partial charge in [-0.3, -0.25) is 4.68 Å².